The average Bonchev–Trinajstić information content (AvgIpc) is 2.92. The summed E-state index contributed by atoms with van der Waals surface area (Å²) in [5, 5.41) is 6.20. The Bertz CT molecular complexity index is 1200. The number of halogens is 1. The van der Waals surface area contributed by atoms with Gasteiger partial charge in [0.15, 0.2) is 0 Å². The van der Waals surface area contributed by atoms with Crippen molar-refractivity contribution < 1.29 is 18.7 Å². The number of esters is 1. The number of aromatic nitrogens is 2. The highest BCUT2D eigenvalue weighted by molar-refractivity contribution is 5.99. The van der Waals surface area contributed by atoms with Crippen molar-refractivity contribution in [2.24, 2.45) is 5.92 Å². The normalized spacial score (nSPS) is 13.7. The van der Waals surface area contributed by atoms with Crippen molar-refractivity contribution in [3.8, 4) is 0 Å². The molecule has 0 radical (unpaired) electrons. The predicted octanol–water partition coefficient (Wildman–Crippen LogP) is 3.98. The molecule has 2 N–H and O–H groups in total. The number of carbonyl (C=O) groups excluding carboxylic acids is 2. The molecular weight excluding hydrogens is 473 g/mol. The summed E-state index contributed by atoms with van der Waals surface area (Å²) < 4.78 is 18.7. The van der Waals surface area contributed by atoms with E-state index < -0.39 is 0 Å². The molecule has 1 saturated heterocycles. The molecule has 194 valence electrons. The summed E-state index contributed by atoms with van der Waals surface area (Å²) in [4.78, 5) is 36.1. The van der Waals surface area contributed by atoms with Gasteiger partial charge in [-0.3, -0.25) is 14.6 Å². The van der Waals surface area contributed by atoms with Crippen LogP contribution in [-0.2, 0) is 22.5 Å². The molecule has 1 aromatic carbocycles. The molecule has 3 heterocycles. The highest BCUT2D eigenvalue weighted by Crippen LogP contribution is 2.25. The van der Waals surface area contributed by atoms with Crippen molar-refractivity contribution in [1.82, 2.24) is 15.3 Å². The first-order chi connectivity index (χ1) is 18.0. The summed E-state index contributed by atoms with van der Waals surface area (Å²) in [5.41, 5.74) is 2.17. The van der Waals surface area contributed by atoms with E-state index in [9.17, 15) is 14.0 Å². The number of anilines is 2. The van der Waals surface area contributed by atoms with Crippen molar-refractivity contribution in [3.63, 3.8) is 0 Å². The number of pyridine rings is 2. The Morgan fingerprint density at radius 3 is 2.65 bits per heavy atom. The van der Waals surface area contributed by atoms with E-state index in [-0.39, 0.29) is 23.6 Å². The Morgan fingerprint density at radius 2 is 1.92 bits per heavy atom. The number of nitrogens with one attached hydrogen (secondary N) is 2. The van der Waals surface area contributed by atoms with Gasteiger partial charge in [-0.2, -0.15) is 0 Å². The van der Waals surface area contributed by atoms with E-state index in [2.05, 4.69) is 20.5 Å². The fourth-order valence-electron chi connectivity index (χ4n) is 4.35. The van der Waals surface area contributed by atoms with Gasteiger partial charge in [-0.25, -0.2) is 9.37 Å². The number of rotatable bonds is 10. The molecule has 3 aromatic rings. The van der Waals surface area contributed by atoms with Crippen LogP contribution in [-0.4, -0.2) is 48.1 Å². The van der Waals surface area contributed by atoms with E-state index in [1.165, 1.54) is 12.1 Å². The second kappa shape index (κ2) is 12.8. The van der Waals surface area contributed by atoms with Crippen LogP contribution < -0.4 is 15.5 Å². The van der Waals surface area contributed by atoms with E-state index >= 15 is 0 Å². The molecule has 37 heavy (non-hydrogen) atoms. The zero-order valence-electron chi connectivity index (χ0n) is 21.0. The topological polar surface area (TPSA) is 96.5 Å². The number of benzene rings is 1. The maximum absolute atomic E-state index is 13.6. The number of nitrogens with zero attached hydrogens (tertiary/aromatic N) is 3. The number of ether oxygens (including phenoxy) is 1. The van der Waals surface area contributed by atoms with Gasteiger partial charge in [0.2, 0.25) is 0 Å². The monoisotopic (exact) mass is 505 g/mol. The number of amides is 1. The maximum atomic E-state index is 13.6. The number of carbonyl (C=O) groups is 2. The van der Waals surface area contributed by atoms with E-state index in [4.69, 9.17) is 9.72 Å². The molecule has 1 aliphatic rings. The van der Waals surface area contributed by atoms with Crippen molar-refractivity contribution >= 4 is 23.5 Å². The van der Waals surface area contributed by atoms with E-state index in [1.54, 1.807) is 24.5 Å². The molecule has 9 heteroatoms. The van der Waals surface area contributed by atoms with Gasteiger partial charge in [-0.05, 0) is 67.6 Å². The second-order valence-corrected chi connectivity index (χ2v) is 8.93. The highest BCUT2D eigenvalue weighted by atomic mass is 19.1. The van der Waals surface area contributed by atoms with Crippen molar-refractivity contribution in [2.75, 3.05) is 36.5 Å². The lowest BCUT2D eigenvalue weighted by molar-refractivity contribution is -0.148. The molecular formula is C28H32FN5O3. The van der Waals surface area contributed by atoms with Gasteiger partial charge < -0.3 is 20.3 Å². The van der Waals surface area contributed by atoms with E-state index in [0.29, 0.717) is 63.4 Å². The van der Waals surface area contributed by atoms with Crippen LogP contribution in [0.15, 0.2) is 60.9 Å². The summed E-state index contributed by atoms with van der Waals surface area (Å²) in [6.07, 6.45) is 5.35. The lowest BCUT2D eigenvalue weighted by atomic mass is 9.97. The van der Waals surface area contributed by atoms with Crippen molar-refractivity contribution in [1.29, 1.82) is 0 Å². The summed E-state index contributed by atoms with van der Waals surface area (Å²) in [6.45, 7) is 4.37. The molecule has 1 amide bonds. The van der Waals surface area contributed by atoms with Crippen LogP contribution in [0.5, 0.6) is 0 Å². The molecule has 1 fully saturated rings. The summed E-state index contributed by atoms with van der Waals surface area (Å²) in [6, 6.07) is 13.8. The van der Waals surface area contributed by atoms with Crippen molar-refractivity contribution in [2.45, 2.75) is 32.7 Å². The van der Waals surface area contributed by atoms with Gasteiger partial charge in [0.1, 0.15) is 17.5 Å². The number of hydrogen-bond donors (Lipinski definition) is 2. The largest absolute Gasteiger partial charge is 0.466 e. The molecule has 0 spiro atoms. The first-order valence-corrected chi connectivity index (χ1v) is 12.6. The van der Waals surface area contributed by atoms with Crippen molar-refractivity contribution in [3.05, 3.63) is 83.4 Å². The Hall–Kier alpha value is -4.01. The lowest BCUT2D eigenvalue weighted by Crippen LogP contribution is -2.37. The van der Waals surface area contributed by atoms with Crippen LogP contribution >= 0.6 is 0 Å². The standard InChI is InChI=1S/C28H32FN5O3/c1-2-37-28(36)22-11-15-34(16-12-22)25-9-8-24(27(35)32-19-21-6-4-13-30-18-21)26(33-25)31-14-10-20-5-3-7-23(29)17-20/h3-9,13,17-18,22H,2,10-12,14-16,19H2,1H3,(H,31,33)(H,32,35). The van der Waals surface area contributed by atoms with Crippen LogP contribution in [0.1, 0.15) is 41.3 Å². The van der Waals surface area contributed by atoms with E-state index in [0.717, 1.165) is 16.9 Å². The highest BCUT2D eigenvalue weighted by Gasteiger charge is 2.27. The zero-order valence-corrected chi connectivity index (χ0v) is 21.0. The molecule has 0 unspecified atom stereocenters. The van der Waals surface area contributed by atoms with Crippen LogP contribution in [0.3, 0.4) is 0 Å². The number of piperidine rings is 1. The van der Waals surface area contributed by atoms with Crippen LogP contribution in [0, 0.1) is 11.7 Å². The SMILES string of the molecule is CCOC(=O)C1CCN(c2ccc(C(=O)NCc3cccnc3)c(NCCc3cccc(F)c3)n2)CC1. The third-order valence-electron chi connectivity index (χ3n) is 6.34. The molecule has 8 nitrogen and oxygen atoms in total. The fraction of sp³-hybridized carbons (Fsp3) is 0.357. The third-order valence-corrected chi connectivity index (χ3v) is 6.34. The summed E-state index contributed by atoms with van der Waals surface area (Å²) >= 11 is 0. The maximum Gasteiger partial charge on any atom is 0.309 e. The molecule has 0 bridgehead atoms. The minimum atomic E-state index is -0.278. The molecule has 2 aromatic heterocycles. The Balaban J connectivity index is 1.46. The Morgan fingerprint density at radius 1 is 1.11 bits per heavy atom. The number of hydrogen-bond acceptors (Lipinski definition) is 7. The smallest absolute Gasteiger partial charge is 0.309 e. The van der Waals surface area contributed by atoms with E-state index in [1.807, 2.05) is 31.2 Å². The Labute approximate surface area is 216 Å². The lowest BCUT2D eigenvalue weighted by Gasteiger charge is -2.32. The molecule has 0 saturated carbocycles. The fourth-order valence-corrected chi connectivity index (χ4v) is 4.35. The van der Waals surface area contributed by atoms with Crippen LogP contribution in [0.25, 0.3) is 0 Å². The molecule has 1 aliphatic heterocycles. The first-order valence-electron chi connectivity index (χ1n) is 12.6. The second-order valence-electron chi connectivity index (χ2n) is 8.93. The minimum Gasteiger partial charge on any atom is -0.466 e. The molecule has 4 rings (SSSR count). The van der Waals surface area contributed by atoms with Gasteiger partial charge in [0.25, 0.3) is 5.91 Å². The molecule has 0 atom stereocenters. The average molecular weight is 506 g/mol. The van der Waals surface area contributed by atoms with Crippen LogP contribution in [0.4, 0.5) is 16.0 Å². The van der Waals surface area contributed by atoms with Gasteiger partial charge >= 0.3 is 5.97 Å². The predicted molar refractivity (Wildman–Crippen MR) is 140 cm³/mol. The summed E-state index contributed by atoms with van der Waals surface area (Å²) in [7, 11) is 0. The van der Waals surface area contributed by atoms with Gasteiger partial charge in [-0.15, -0.1) is 0 Å². The third kappa shape index (κ3) is 7.25. The Kier molecular flexibility index (Phi) is 9.02. The zero-order chi connectivity index (χ0) is 26.0. The summed E-state index contributed by atoms with van der Waals surface area (Å²) in [5.74, 6) is 0.425. The quantitative estimate of drug-likeness (QED) is 0.403. The van der Waals surface area contributed by atoms with Gasteiger partial charge in [0, 0.05) is 38.6 Å². The first kappa shape index (κ1) is 26.1. The van der Waals surface area contributed by atoms with Gasteiger partial charge in [-0.1, -0.05) is 18.2 Å². The molecule has 0 aliphatic carbocycles. The minimum absolute atomic E-state index is 0.0995. The van der Waals surface area contributed by atoms with Gasteiger partial charge in [0.05, 0.1) is 18.1 Å². The van der Waals surface area contributed by atoms with Crippen LogP contribution in [0.2, 0.25) is 0 Å².